The molecule has 0 aliphatic heterocycles. The van der Waals surface area contributed by atoms with Gasteiger partial charge in [0.25, 0.3) is 5.69 Å². The molecule has 0 atom stereocenters. The second-order valence-electron chi connectivity index (χ2n) is 3.71. The second-order valence-corrected chi connectivity index (χ2v) is 4.11. The molecule has 0 N–H and O–H groups in total. The number of rotatable bonds is 4. The third-order valence-corrected chi connectivity index (χ3v) is 2.66. The van der Waals surface area contributed by atoms with Crippen LogP contribution in [0.25, 0.3) is 0 Å². The number of hydrogen-bond donors (Lipinski definition) is 0. The number of ether oxygens (including phenoxy) is 2. The Bertz CT molecular complexity index is 690. The predicted molar refractivity (Wildman–Crippen MR) is 71.6 cm³/mol. The minimum absolute atomic E-state index is 0.0275. The number of carbonyl (C=O) groups excluding carboxylic acids is 1. The Balaban J connectivity index is 2.18. The molecule has 21 heavy (non-hydrogen) atoms. The van der Waals surface area contributed by atoms with Gasteiger partial charge in [-0.25, -0.2) is 14.8 Å². The number of benzene rings is 1. The highest BCUT2D eigenvalue weighted by atomic mass is 35.5. The molecule has 0 spiro atoms. The van der Waals surface area contributed by atoms with Crippen LogP contribution in [-0.2, 0) is 4.74 Å². The van der Waals surface area contributed by atoms with E-state index in [0.717, 1.165) is 6.07 Å². The molecule has 0 unspecified atom stereocenters. The SMILES string of the molecule is COC(=O)c1cnc(Oc2ccc([N+](=O)[O-])cc2Cl)cn1. The third kappa shape index (κ3) is 3.42. The molecule has 1 aromatic heterocycles. The van der Waals surface area contributed by atoms with Gasteiger partial charge in [0.15, 0.2) is 5.69 Å². The van der Waals surface area contributed by atoms with E-state index in [1.54, 1.807) is 0 Å². The number of non-ortho nitro benzene ring substituents is 1. The summed E-state index contributed by atoms with van der Waals surface area (Å²) in [6, 6.07) is 3.75. The van der Waals surface area contributed by atoms with Gasteiger partial charge in [0, 0.05) is 12.1 Å². The standard InChI is InChI=1S/C12H8ClN3O5/c1-20-12(17)9-5-15-11(6-14-9)21-10-3-2-7(16(18)19)4-8(10)13/h2-6H,1H3. The predicted octanol–water partition coefficient (Wildman–Crippen LogP) is 2.62. The molecule has 108 valence electrons. The van der Waals surface area contributed by atoms with E-state index in [1.807, 2.05) is 0 Å². The molecule has 8 nitrogen and oxygen atoms in total. The number of nitro groups is 1. The zero-order valence-electron chi connectivity index (χ0n) is 10.6. The van der Waals surface area contributed by atoms with E-state index in [9.17, 15) is 14.9 Å². The highest BCUT2D eigenvalue weighted by Crippen LogP contribution is 2.31. The summed E-state index contributed by atoms with van der Waals surface area (Å²) in [6.45, 7) is 0. The average Bonchev–Trinajstić information content (AvgIpc) is 2.49. The lowest BCUT2D eigenvalue weighted by Gasteiger charge is -2.06. The lowest BCUT2D eigenvalue weighted by Crippen LogP contribution is -2.04. The minimum Gasteiger partial charge on any atom is -0.464 e. The van der Waals surface area contributed by atoms with Crippen molar-refractivity contribution in [2.45, 2.75) is 0 Å². The molecular formula is C12H8ClN3O5. The van der Waals surface area contributed by atoms with Crippen LogP contribution < -0.4 is 4.74 Å². The molecule has 0 aliphatic rings. The first-order chi connectivity index (χ1) is 10.0. The fourth-order valence-corrected chi connectivity index (χ4v) is 1.59. The Morgan fingerprint density at radius 1 is 1.33 bits per heavy atom. The van der Waals surface area contributed by atoms with Crippen LogP contribution in [-0.4, -0.2) is 28.0 Å². The quantitative estimate of drug-likeness (QED) is 0.485. The lowest BCUT2D eigenvalue weighted by atomic mass is 10.3. The van der Waals surface area contributed by atoms with Gasteiger partial charge in [-0.05, 0) is 6.07 Å². The number of esters is 1. The van der Waals surface area contributed by atoms with Crippen LogP contribution >= 0.6 is 11.6 Å². The largest absolute Gasteiger partial charge is 0.464 e. The van der Waals surface area contributed by atoms with Gasteiger partial charge in [0.2, 0.25) is 5.88 Å². The Labute approximate surface area is 123 Å². The number of aromatic nitrogens is 2. The topological polar surface area (TPSA) is 104 Å². The fraction of sp³-hybridized carbons (Fsp3) is 0.0833. The van der Waals surface area contributed by atoms with Crippen LogP contribution in [0.5, 0.6) is 11.6 Å². The van der Waals surface area contributed by atoms with Crippen LogP contribution in [0.3, 0.4) is 0 Å². The Morgan fingerprint density at radius 3 is 2.62 bits per heavy atom. The number of nitrogens with zero attached hydrogens (tertiary/aromatic N) is 3. The normalized spacial score (nSPS) is 10.0. The summed E-state index contributed by atoms with van der Waals surface area (Å²) in [5.74, 6) is -0.358. The van der Waals surface area contributed by atoms with E-state index in [-0.39, 0.29) is 28.0 Å². The van der Waals surface area contributed by atoms with Crippen molar-refractivity contribution in [2.75, 3.05) is 7.11 Å². The summed E-state index contributed by atoms with van der Waals surface area (Å²) in [5.41, 5.74) is -0.126. The fourth-order valence-electron chi connectivity index (χ4n) is 1.38. The molecule has 0 amide bonds. The molecule has 0 bridgehead atoms. The maximum absolute atomic E-state index is 11.2. The molecule has 9 heteroatoms. The van der Waals surface area contributed by atoms with E-state index in [4.69, 9.17) is 16.3 Å². The molecule has 2 rings (SSSR count). The highest BCUT2D eigenvalue weighted by molar-refractivity contribution is 6.32. The first kappa shape index (κ1) is 14.7. The molecule has 0 fully saturated rings. The van der Waals surface area contributed by atoms with Crippen molar-refractivity contribution in [1.82, 2.24) is 9.97 Å². The zero-order valence-corrected chi connectivity index (χ0v) is 11.4. The number of methoxy groups -OCH3 is 1. The first-order valence-electron chi connectivity index (χ1n) is 5.53. The van der Waals surface area contributed by atoms with Crippen molar-refractivity contribution in [3.63, 3.8) is 0 Å². The van der Waals surface area contributed by atoms with E-state index >= 15 is 0 Å². The van der Waals surface area contributed by atoms with Gasteiger partial charge >= 0.3 is 5.97 Å². The second kappa shape index (κ2) is 6.14. The Kier molecular flexibility index (Phi) is 4.29. The Morgan fingerprint density at radius 2 is 2.10 bits per heavy atom. The van der Waals surface area contributed by atoms with E-state index in [1.165, 1.54) is 31.6 Å². The van der Waals surface area contributed by atoms with E-state index < -0.39 is 10.9 Å². The van der Waals surface area contributed by atoms with Gasteiger partial charge in [0.05, 0.1) is 29.4 Å². The number of nitro benzene ring substituents is 1. The highest BCUT2D eigenvalue weighted by Gasteiger charge is 2.12. The molecule has 2 aromatic rings. The maximum atomic E-state index is 11.2. The van der Waals surface area contributed by atoms with Crippen molar-refractivity contribution < 1.29 is 19.2 Å². The van der Waals surface area contributed by atoms with Gasteiger partial charge in [-0.1, -0.05) is 11.6 Å². The Hall–Kier alpha value is -2.74. The summed E-state index contributed by atoms with van der Waals surface area (Å²) >= 11 is 5.88. The van der Waals surface area contributed by atoms with Gasteiger partial charge in [-0.2, -0.15) is 0 Å². The zero-order chi connectivity index (χ0) is 15.4. The van der Waals surface area contributed by atoms with Crippen LogP contribution in [0.2, 0.25) is 5.02 Å². The maximum Gasteiger partial charge on any atom is 0.358 e. The van der Waals surface area contributed by atoms with Crippen LogP contribution in [0, 0.1) is 10.1 Å². The molecule has 1 aromatic carbocycles. The van der Waals surface area contributed by atoms with Crippen LogP contribution in [0.1, 0.15) is 10.5 Å². The summed E-state index contributed by atoms with van der Waals surface area (Å²) in [5, 5.41) is 10.7. The van der Waals surface area contributed by atoms with Crippen LogP contribution in [0.4, 0.5) is 5.69 Å². The van der Waals surface area contributed by atoms with Gasteiger partial charge in [-0.15, -0.1) is 0 Å². The van der Waals surface area contributed by atoms with Gasteiger partial charge in [-0.3, -0.25) is 10.1 Å². The van der Waals surface area contributed by atoms with Gasteiger partial charge < -0.3 is 9.47 Å². The molecule has 0 saturated heterocycles. The van der Waals surface area contributed by atoms with Crippen molar-refractivity contribution in [1.29, 1.82) is 0 Å². The molecule has 1 heterocycles. The average molecular weight is 310 g/mol. The number of hydrogen-bond acceptors (Lipinski definition) is 7. The molecular weight excluding hydrogens is 302 g/mol. The van der Waals surface area contributed by atoms with Crippen molar-refractivity contribution in [2.24, 2.45) is 0 Å². The molecule has 0 saturated carbocycles. The number of halogens is 1. The van der Waals surface area contributed by atoms with Gasteiger partial charge in [0.1, 0.15) is 5.75 Å². The molecule has 0 aliphatic carbocycles. The van der Waals surface area contributed by atoms with Crippen molar-refractivity contribution >= 4 is 23.3 Å². The summed E-state index contributed by atoms with van der Waals surface area (Å²) in [7, 11) is 1.23. The molecule has 0 radical (unpaired) electrons. The monoisotopic (exact) mass is 309 g/mol. The smallest absolute Gasteiger partial charge is 0.358 e. The first-order valence-corrected chi connectivity index (χ1v) is 5.91. The van der Waals surface area contributed by atoms with Crippen molar-refractivity contribution in [3.8, 4) is 11.6 Å². The van der Waals surface area contributed by atoms with E-state index in [0.29, 0.717) is 0 Å². The van der Waals surface area contributed by atoms with Crippen molar-refractivity contribution in [3.05, 3.63) is 51.4 Å². The van der Waals surface area contributed by atoms with Crippen LogP contribution in [0.15, 0.2) is 30.6 Å². The minimum atomic E-state index is -0.623. The number of carbonyl (C=O) groups is 1. The third-order valence-electron chi connectivity index (χ3n) is 2.36. The summed E-state index contributed by atoms with van der Waals surface area (Å²) in [6.07, 6.45) is 2.39. The summed E-state index contributed by atoms with van der Waals surface area (Å²) in [4.78, 5) is 28.9. The van der Waals surface area contributed by atoms with E-state index in [2.05, 4.69) is 14.7 Å². The lowest BCUT2D eigenvalue weighted by molar-refractivity contribution is -0.384. The summed E-state index contributed by atoms with van der Waals surface area (Å²) < 4.78 is 9.81.